The Morgan fingerprint density at radius 1 is 1.03 bits per heavy atom. The van der Waals surface area contributed by atoms with Crippen LogP contribution in [0.4, 0.5) is 0 Å². The van der Waals surface area contributed by atoms with Gasteiger partial charge in [-0.3, -0.25) is 9.36 Å². The van der Waals surface area contributed by atoms with Crippen molar-refractivity contribution >= 4 is 23.4 Å². The van der Waals surface area contributed by atoms with E-state index in [1.165, 1.54) is 11.3 Å². The second kappa shape index (κ2) is 11.5. The van der Waals surface area contributed by atoms with Gasteiger partial charge < -0.3 is 14.2 Å². The smallest absolute Gasteiger partial charge is 0.338 e. The number of rotatable bonds is 8. The lowest BCUT2D eigenvalue weighted by Crippen LogP contribution is -2.39. The van der Waals surface area contributed by atoms with Crippen LogP contribution in [0.2, 0.25) is 0 Å². The Bertz CT molecular complexity index is 1710. The highest BCUT2D eigenvalue weighted by atomic mass is 32.1. The molecule has 0 fully saturated rings. The minimum atomic E-state index is -0.632. The van der Waals surface area contributed by atoms with Crippen LogP contribution in [0.25, 0.3) is 6.08 Å². The van der Waals surface area contributed by atoms with E-state index >= 15 is 0 Å². The van der Waals surface area contributed by atoms with Crippen molar-refractivity contribution in [2.24, 2.45) is 4.99 Å². The third-order valence-corrected chi connectivity index (χ3v) is 7.34. The summed E-state index contributed by atoms with van der Waals surface area (Å²) in [5, 5.41) is 0. The summed E-state index contributed by atoms with van der Waals surface area (Å²) >= 11 is 1.28. The summed E-state index contributed by atoms with van der Waals surface area (Å²) in [6.07, 6.45) is 1.80. The first-order valence-electron chi connectivity index (χ1n) is 12.6. The zero-order valence-electron chi connectivity index (χ0n) is 21.9. The number of carbonyl (C=O) groups is 1. The van der Waals surface area contributed by atoms with Gasteiger partial charge in [0.1, 0.15) is 6.61 Å². The van der Waals surface area contributed by atoms with Gasteiger partial charge in [-0.05, 0) is 48.7 Å². The summed E-state index contributed by atoms with van der Waals surface area (Å²) < 4.78 is 19.0. The normalized spacial score (nSPS) is 14.9. The SMILES string of the molecule is CCOC(=O)C1=C(C)N=c2sc(=Cc3ccc(OCc4ccccc4)c(OC)c3)c(=O)n2C1c1ccccc1. The summed E-state index contributed by atoms with van der Waals surface area (Å²) in [5.41, 5.74) is 3.31. The number of allylic oxidation sites excluding steroid dienone is 1. The summed E-state index contributed by atoms with van der Waals surface area (Å²) in [6.45, 7) is 4.18. The van der Waals surface area contributed by atoms with Crippen LogP contribution in [0, 0.1) is 0 Å². The van der Waals surface area contributed by atoms with Crippen molar-refractivity contribution in [1.29, 1.82) is 0 Å². The Hall–Kier alpha value is -4.43. The standard InChI is InChI=1S/C31H28N2O5S/c1-4-37-30(35)27-20(2)32-31-33(28(27)23-13-9-6-10-14-23)29(34)26(39-31)18-22-15-16-24(25(17-22)36-3)38-19-21-11-7-5-8-12-21/h5-18,28H,4,19H2,1-3H3. The highest BCUT2D eigenvalue weighted by Gasteiger charge is 2.33. The molecule has 0 saturated heterocycles. The minimum absolute atomic E-state index is 0.231. The van der Waals surface area contributed by atoms with E-state index in [-0.39, 0.29) is 12.2 Å². The Kier molecular flexibility index (Phi) is 7.74. The highest BCUT2D eigenvalue weighted by molar-refractivity contribution is 7.07. The van der Waals surface area contributed by atoms with Crippen LogP contribution in [0.3, 0.4) is 0 Å². The van der Waals surface area contributed by atoms with Gasteiger partial charge in [0.25, 0.3) is 5.56 Å². The number of aromatic nitrogens is 1. The molecule has 0 N–H and O–H groups in total. The average Bonchev–Trinajstić information content (AvgIpc) is 3.26. The first kappa shape index (κ1) is 26.2. The zero-order valence-corrected chi connectivity index (χ0v) is 22.7. The van der Waals surface area contributed by atoms with Gasteiger partial charge in [-0.2, -0.15) is 0 Å². The molecule has 198 valence electrons. The van der Waals surface area contributed by atoms with E-state index in [1.54, 1.807) is 31.6 Å². The third-order valence-electron chi connectivity index (χ3n) is 6.35. The van der Waals surface area contributed by atoms with E-state index in [9.17, 15) is 9.59 Å². The van der Waals surface area contributed by atoms with Crippen LogP contribution in [-0.2, 0) is 16.1 Å². The second-order valence-electron chi connectivity index (χ2n) is 8.90. The maximum absolute atomic E-state index is 13.8. The fourth-order valence-electron chi connectivity index (χ4n) is 4.52. The monoisotopic (exact) mass is 540 g/mol. The van der Waals surface area contributed by atoms with Crippen LogP contribution >= 0.6 is 11.3 Å². The van der Waals surface area contributed by atoms with Crippen molar-refractivity contribution in [2.75, 3.05) is 13.7 Å². The Morgan fingerprint density at radius 3 is 2.44 bits per heavy atom. The van der Waals surface area contributed by atoms with E-state index in [2.05, 4.69) is 4.99 Å². The zero-order chi connectivity index (χ0) is 27.4. The van der Waals surface area contributed by atoms with E-state index in [4.69, 9.17) is 14.2 Å². The molecule has 7 nitrogen and oxygen atoms in total. The molecule has 0 radical (unpaired) electrons. The largest absolute Gasteiger partial charge is 0.493 e. The van der Waals surface area contributed by atoms with Gasteiger partial charge in [0.05, 0.1) is 35.6 Å². The number of carbonyl (C=O) groups excluding carboxylic acids is 1. The van der Waals surface area contributed by atoms with Crippen LogP contribution in [0.5, 0.6) is 11.5 Å². The maximum atomic E-state index is 13.8. The van der Waals surface area contributed by atoms with Crippen molar-refractivity contribution in [1.82, 2.24) is 4.57 Å². The number of ether oxygens (including phenoxy) is 3. The lowest BCUT2D eigenvalue weighted by Gasteiger charge is -2.24. The number of nitrogens with zero attached hydrogens (tertiary/aromatic N) is 2. The molecule has 0 spiro atoms. The van der Waals surface area contributed by atoms with Gasteiger partial charge in [0, 0.05) is 0 Å². The molecular weight excluding hydrogens is 512 g/mol. The fraction of sp³-hybridized carbons (Fsp3) is 0.194. The first-order valence-corrected chi connectivity index (χ1v) is 13.4. The molecule has 3 aromatic carbocycles. The predicted molar refractivity (Wildman–Crippen MR) is 151 cm³/mol. The van der Waals surface area contributed by atoms with Gasteiger partial charge in [-0.1, -0.05) is 78.1 Å². The lowest BCUT2D eigenvalue weighted by molar-refractivity contribution is -0.139. The molecule has 0 aliphatic carbocycles. The molecule has 2 heterocycles. The minimum Gasteiger partial charge on any atom is -0.493 e. The Labute approximate surface area is 229 Å². The van der Waals surface area contributed by atoms with Gasteiger partial charge in [0.15, 0.2) is 16.3 Å². The number of methoxy groups -OCH3 is 1. The molecule has 0 bridgehead atoms. The molecule has 1 unspecified atom stereocenters. The van der Waals surface area contributed by atoms with Crippen LogP contribution in [0.1, 0.15) is 36.6 Å². The van der Waals surface area contributed by atoms with Crippen LogP contribution < -0.4 is 24.4 Å². The number of fused-ring (bicyclic) bond motifs is 1. The van der Waals surface area contributed by atoms with E-state index in [0.29, 0.717) is 38.7 Å². The van der Waals surface area contributed by atoms with Crippen LogP contribution in [-0.4, -0.2) is 24.3 Å². The molecule has 4 aromatic rings. The van der Waals surface area contributed by atoms with Gasteiger partial charge in [-0.25, -0.2) is 9.79 Å². The molecule has 0 amide bonds. The molecule has 1 aliphatic heterocycles. The number of hydrogen-bond donors (Lipinski definition) is 0. The summed E-state index contributed by atoms with van der Waals surface area (Å²) in [4.78, 5) is 31.9. The van der Waals surface area contributed by atoms with Gasteiger partial charge in [-0.15, -0.1) is 0 Å². The van der Waals surface area contributed by atoms with Crippen molar-refractivity contribution < 1.29 is 19.0 Å². The van der Waals surface area contributed by atoms with Crippen LogP contribution in [0.15, 0.2) is 99.9 Å². The summed E-state index contributed by atoms with van der Waals surface area (Å²) in [5.74, 6) is 0.700. The van der Waals surface area contributed by atoms with E-state index in [1.807, 2.05) is 78.9 Å². The number of benzene rings is 3. The summed E-state index contributed by atoms with van der Waals surface area (Å²) in [6, 6.07) is 24.3. The molecule has 1 aliphatic rings. The number of thiazole rings is 1. The molecule has 5 rings (SSSR count). The Balaban J connectivity index is 1.54. The quantitative estimate of drug-likeness (QED) is 0.310. The first-order chi connectivity index (χ1) is 19.0. The van der Waals surface area contributed by atoms with E-state index < -0.39 is 12.0 Å². The molecule has 1 atom stereocenters. The molecule has 39 heavy (non-hydrogen) atoms. The number of esters is 1. The maximum Gasteiger partial charge on any atom is 0.338 e. The van der Waals surface area contributed by atoms with Crippen molar-refractivity contribution in [3.63, 3.8) is 0 Å². The molecule has 1 aromatic heterocycles. The fourth-order valence-corrected chi connectivity index (χ4v) is 5.57. The molecule has 0 saturated carbocycles. The van der Waals surface area contributed by atoms with Gasteiger partial charge in [0.2, 0.25) is 0 Å². The predicted octanol–water partition coefficient (Wildman–Crippen LogP) is 4.39. The topological polar surface area (TPSA) is 79.1 Å². The molecular formula is C31H28N2O5S. The lowest BCUT2D eigenvalue weighted by atomic mass is 9.96. The Morgan fingerprint density at radius 2 is 1.74 bits per heavy atom. The van der Waals surface area contributed by atoms with E-state index in [0.717, 1.165) is 16.7 Å². The third kappa shape index (κ3) is 5.42. The van der Waals surface area contributed by atoms with Crippen molar-refractivity contribution in [3.8, 4) is 11.5 Å². The summed E-state index contributed by atoms with van der Waals surface area (Å²) in [7, 11) is 1.59. The second-order valence-corrected chi connectivity index (χ2v) is 9.91. The average molecular weight is 541 g/mol. The number of hydrogen-bond acceptors (Lipinski definition) is 7. The highest BCUT2D eigenvalue weighted by Crippen LogP contribution is 2.31. The molecule has 8 heteroatoms. The van der Waals surface area contributed by atoms with Crippen molar-refractivity contribution in [3.05, 3.63) is 127 Å². The van der Waals surface area contributed by atoms with Gasteiger partial charge >= 0.3 is 5.97 Å². The van der Waals surface area contributed by atoms with Crippen molar-refractivity contribution in [2.45, 2.75) is 26.5 Å².